The third-order valence-corrected chi connectivity index (χ3v) is 3.81. The fourth-order valence-corrected chi connectivity index (χ4v) is 2.83. The Kier molecular flexibility index (Phi) is 5.46. The molecule has 7 nitrogen and oxygen atoms in total. The summed E-state index contributed by atoms with van der Waals surface area (Å²) < 4.78 is 12.5. The number of rotatable bonds is 7. The van der Waals surface area contributed by atoms with Gasteiger partial charge in [0.15, 0.2) is 11.5 Å². The molecule has 0 amide bonds. The third kappa shape index (κ3) is 3.68. The number of benzene rings is 1. The van der Waals surface area contributed by atoms with Crippen LogP contribution in [0.3, 0.4) is 0 Å². The first kappa shape index (κ1) is 17.8. The molecule has 7 heteroatoms. The maximum atomic E-state index is 12.0. The molecule has 2 aromatic rings. The summed E-state index contributed by atoms with van der Waals surface area (Å²) in [5.74, 6) is 0.00871. The van der Waals surface area contributed by atoms with Crippen LogP contribution in [0, 0.1) is 6.92 Å². The molecule has 1 atom stereocenters. The molecule has 0 aliphatic rings. The molecular formula is C17H23N3O4. The normalized spacial score (nSPS) is 12.2. The van der Waals surface area contributed by atoms with Gasteiger partial charge in [0.05, 0.1) is 20.4 Å². The Hall–Kier alpha value is -2.54. The minimum Gasteiger partial charge on any atom is -0.493 e. The Labute approximate surface area is 141 Å². The van der Waals surface area contributed by atoms with E-state index in [-0.39, 0.29) is 0 Å². The Bertz CT molecular complexity index is 727. The van der Waals surface area contributed by atoms with Gasteiger partial charge in [0.2, 0.25) is 0 Å². The maximum Gasteiger partial charge on any atom is 0.325 e. The van der Waals surface area contributed by atoms with Crippen LogP contribution in [-0.2, 0) is 18.4 Å². The van der Waals surface area contributed by atoms with E-state index in [1.54, 1.807) is 22.8 Å². The SMILES string of the molecule is COc1cc(C)cc([C@H](C(=O)O)N(C)Cc2cnn(C)c2)c1OC. The first-order valence-corrected chi connectivity index (χ1v) is 7.50. The molecule has 0 unspecified atom stereocenters. The number of likely N-dealkylation sites (N-methyl/N-ethyl adjacent to an activating group) is 1. The van der Waals surface area contributed by atoms with Crippen LogP contribution in [0.2, 0.25) is 0 Å². The van der Waals surface area contributed by atoms with Gasteiger partial charge in [-0.05, 0) is 31.7 Å². The topological polar surface area (TPSA) is 76.8 Å². The standard InChI is InChI=1S/C17H23N3O4/c1-11-6-13(16(24-5)14(7-11)23-4)15(17(21)22)19(2)9-12-8-18-20(3)10-12/h6-8,10,15H,9H2,1-5H3,(H,21,22)/t15-/m1/s1. The van der Waals surface area contributed by atoms with Gasteiger partial charge in [-0.2, -0.15) is 5.10 Å². The smallest absolute Gasteiger partial charge is 0.325 e. The zero-order valence-electron chi connectivity index (χ0n) is 14.6. The average molecular weight is 333 g/mol. The summed E-state index contributed by atoms with van der Waals surface area (Å²) in [6.45, 7) is 2.34. The van der Waals surface area contributed by atoms with E-state index >= 15 is 0 Å². The summed E-state index contributed by atoms with van der Waals surface area (Å²) in [7, 11) is 6.64. The number of nitrogens with zero attached hydrogens (tertiary/aromatic N) is 3. The monoisotopic (exact) mass is 333 g/mol. The van der Waals surface area contributed by atoms with E-state index in [2.05, 4.69) is 5.10 Å². The van der Waals surface area contributed by atoms with E-state index in [0.717, 1.165) is 11.1 Å². The van der Waals surface area contributed by atoms with E-state index in [4.69, 9.17) is 9.47 Å². The lowest BCUT2D eigenvalue weighted by molar-refractivity contribution is -0.143. The first-order chi connectivity index (χ1) is 11.4. The van der Waals surface area contributed by atoms with Crippen molar-refractivity contribution in [2.45, 2.75) is 19.5 Å². The highest BCUT2D eigenvalue weighted by Gasteiger charge is 2.30. The number of carboxylic acid groups (broad SMARTS) is 1. The lowest BCUT2D eigenvalue weighted by atomic mass is 10.0. The summed E-state index contributed by atoms with van der Waals surface area (Å²) in [4.78, 5) is 13.7. The maximum absolute atomic E-state index is 12.0. The van der Waals surface area contributed by atoms with Gasteiger partial charge in [-0.15, -0.1) is 0 Å². The number of carboxylic acids is 1. The Balaban J connectivity index is 2.43. The fraction of sp³-hybridized carbons (Fsp3) is 0.412. The largest absolute Gasteiger partial charge is 0.493 e. The Morgan fingerprint density at radius 2 is 2.08 bits per heavy atom. The zero-order valence-corrected chi connectivity index (χ0v) is 14.6. The summed E-state index contributed by atoms with van der Waals surface area (Å²) in [6, 6.07) is 2.77. The second kappa shape index (κ2) is 7.35. The summed E-state index contributed by atoms with van der Waals surface area (Å²) in [6.07, 6.45) is 3.59. The number of aliphatic carboxylic acids is 1. The van der Waals surface area contributed by atoms with Gasteiger partial charge in [0, 0.05) is 30.9 Å². The molecule has 1 aromatic heterocycles. The van der Waals surface area contributed by atoms with Crippen molar-refractivity contribution in [3.63, 3.8) is 0 Å². The molecule has 1 N–H and O–H groups in total. The van der Waals surface area contributed by atoms with Crippen molar-refractivity contribution in [1.82, 2.24) is 14.7 Å². The van der Waals surface area contributed by atoms with Gasteiger partial charge in [0.1, 0.15) is 6.04 Å². The van der Waals surface area contributed by atoms with Crippen molar-refractivity contribution in [1.29, 1.82) is 0 Å². The second-order valence-electron chi connectivity index (χ2n) is 5.77. The molecule has 0 spiro atoms. The molecule has 0 saturated heterocycles. The molecule has 0 aliphatic heterocycles. The molecule has 130 valence electrons. The number of aromatic nitrogens is 2. The minimum absolute atomic E-state index is 0.438. The third-order valence-electron chi connectivity index (χ3n) is 3.81. The number of ether oxygens (including phenoxy) is 2. The van der Waals surface area contributed by atoms with Crippen LogP contribution in [0.1, 0.15) is 22.7 Å². The summed E-state index contributed by atoms with van der Waals surface area (Å²) in [5.41, 5.74) is 2.40. The highest BCUT2D eigenvalue weighted by Crippen LogP contribution is 2.38. The van der Waals surface area contributed by atoms with E-state index in [1.807, 2.05) is 32.3 Å². The van der Waals surface area contributed by atoms with Crippen molar-refractivity contribution >= 4 is 5.97 Å². The summed E-state index contributed by atoms with van der Waals surface area (Å²) >= 11 is 0. The van der Waals surface area contributed by atoms with Gasteiger partial charge in [0.25, 0.3) is 0 Å². The first-order valence-electron chi connectivity index (χ1n) is 7.50. The van der Waals surface area contributed by atoms with E-state index in [9.17, 15) is 9.90 Å². The Morgan fingerprint density at radius 1 is 1.38 bits per heavy atom. The van der Waals surface area contributed by atoms with Crippen molar-refractivity contribution in [2.75, 3.05) is 21.3 Å². The van der Waals surface area contributed by atoms with E-state index in [1.165, 1.54) is 14.2 Å². The average Bonchev–Trinajstić information content (AvgIpc) is 2.91. The number of methoxy groups -OCH3 is 2. The highest BCUT2D eigenvalue weighted by molar-refractivity contribution is 5.77. The van der Waals surface area contributed by atoms with Crippen molar-refractivity contribution in [2.24, 2.45) is 7.05 Å². The van der Waals surface area contributed by atoms with E-state index in [0.29, 0.717) is 23.6 Å². The predicted molar refractivity (Wildman–Crippen MR) is 89.3 cm³/mol. The number of hydrogen-bond donors (Lipinski definition) is 1. The van der Waals surface area contributed by atoms with Crippen LogP contribution in [0.15, 0.2) is 24.5 Å². The molecule has 1 aromatic carbocycles. The molecule has 0 radical (unpaired) electrons. The fourth-order valence-electron chi connectivity index (χ4n) is 2.83. The lowest BCUT2D eigenvalue weighted by Gasteiger charge is -2.27. The van der Waals surface area contributed by atoms with Crippen LogP contribution < -0.4 is 9.47 Å². The second-order valence-corrected chi connectivity index (χ2v) is 5.77. The van der Waals surface area contributed by atoms with E-state index < -0.39 is 12.0 Å². The van der Waals surface area contributed by atoms with Crippen LogP contribution in [0.4, 0.5) is 0 Å². The quantitative estimate of drug-likeness (QED) is 0.835. The van der Waals surface area contributed by atoms with Crippen molar-refractivity contribution < 1.29 is 19.4 Å². The van der Waals surface area contributed by atoms with Crippen LogP contribution >= 0.6 is 0 Å². The predicted octanol–water partition coefficient (Wildman–Crippen LogP) is 2.00. The number of hydrogen-bond acceptors (Lipinski definition) is 5. The summed E-state index contributed by atoms with van der Waals surface area (Å²) in [5, 5.41) is 13.9. The molecule has 1 heterocycles. The van der Waals surface area contributed by atoms with Crippen LogP contribution in [0.25, 0.3) is 0 Å². The Morgan fingerprint density at radius 3 is 2.58 bits per heavy atom. The molecule has 0 aliphatic carbocycles. The molecule has 0 fully saturated rings. The van der Waals surface area contributed by atoms with Crippen molar-refractivity contribution in [3.05, 3.63) is 41.2 Å². The minimum atomic E-state index is -0.952. The molecule has 24 heavy (non-hydrogen) atoms. The zero-order chi connectivity index (χ0) is 17.9. The van der Waals surface area contributed by atoms with Gasteiger partial charge in [-0.25, -0.2) is 0 Å². The number of aryl methyl sites for hydroxylation is 2. The van der Waals surface area contributed by atoms with Gasteiger partial charge in [-0.1, -0.05) is 0 Å². The molecule has 0 saturated carbocycles. The van der Waals surface area contributed by atoms with Crippen molar-refractivity contribution in [3.8, 4) is 11.5 Å². The molecule has 0 bridgehead atoms. The molecule has 2 rings (SSSR count). The van der Waals surface area contributed by atoms with Gasteiger partial charge >= 0.3 is 5.97 Å². The molecular weight excluding hydrogens is 310 g/mol. The van der Waals surface area contributed by atoms with Crippen LogP contribution in [0.5, 0.6) is 11.5 Å². The van der Waals surface area contributed by atoms with Gasteiger partial charge in [-0.3, -0.25) is 14.4 Å². The van der Waals surface area contributed by atoms with Gasteiger partial charge < -0.3 is 14.6 Å². The highest BCUT2D eigenvalue weighted by atomic mass is 16.5. The number of carbonyl (C=O) groups is 1. The van der Waals surface area contributed by atoms with Crippen LogP contribution in [-0.4, -0.2) is 47.0 Å². The lowest BCUT2D eigenvalue weighted by Crippen LogP contribution is -2.31.